The van der Waals surface area contributed by atoms with Crippen LogP contribution in [0.4, 0.5) is 13.6 Å². The third kappa shape index (κ3) is 3.20. The minimum Gasteiger partial charge on any atom is -0.352 e. The molecule has 2 aromatic rings. The molecule has 1 aromatic heterocycles. The number of rotatable bonds is 4. The molecule has 1 aliphatic carbocycles. The minimum absolute atomic E-state index is 0.00435. The van der Waals surface area contributed by atoms with Crippen LogP contribution >= 0.6 is 0 Å². The Hall–Kier alpha value is -3.49. The van der Waals surface area contributed by atoms with Gasteiger partial charge in [-0.3, -0.25) is 4.79 Å². The number of halogens is 2. The molecule has 0 fully saturated rings. The van der Waals surface area contributed by atoms with Crippen LogP contribution in [0.2, 0.25) is 0 Å². The number of aromatic nitrogens is 2. The van der Waals surface area contributed by atoms with Crippen molar-refractivity contribution in [3.05, 3.63) is 64.0 Å². The molecule has 3 amide bonds. The van der Waals surface area contributed by atoms with E-state index in [-0.39, 0.29) is 23.9 Å². The number of para-hydroxylation sites is 1. The number of nitrogens with two attached hydrogens (primary N) is 1. The Kier molecular flexibility index (Phi) is 5.67. The van der Waals surface area contributed by atoms with Crippen molar-refractivity contribution in [1.82, 2.24) is 20.0 Å². The Labute approximate surface area is 221 Å². The summed E-state index contributed by atoms with van der Waals surface area (Å²) >= 11 is 0. The standard InChI is InChI=1S/C29H35F2N5O2/c1-8-15(3)25(37)35-14-18-23(27(35,4)5)34-36-21-16(9-2)11-10-12-17(21)20-22(31)28(6,33-26(32)38)13-19(30)29(20,7)24(18)36/h10-13,15H,8-9,14H2,1-7H3,(H3,32,33,38). The second-order valence-electron chi connectivity index (χ2n) is 11.5. The van der Waals surface area contributed by atoms with Crippen molar-refractivity contribution in [2.45, 2.75) is 84.3 Å². The predicted octanol–water partition coefficient (Wildman–Crippen LogP) is 5.30. The summed E-state index contributed by atoms with van der Waals surface area (Å²) < 4.78 is 34.9. The van der Waals surface area contributed by atoms with E-state index in [4.69, 9.17) is 10.8 Å². The average Bonchev–Trinajstić information content (AvgIpc) is 3.36. The molecule has 3 atom stereocenters. The van der Waals surface area contributed by atoms with Crippen LogP contribution in [0.1, 0.15) is 83.0 Å². The van der Waals surface area contributed by atoms with Crippen LogP contribution in [0.15, 0.2) is 35.9 Å². The van der Waals surface area contributed by atoms with Crippen LogP contribution < -0.4 is 11.1 Å². The van der Waals surface area contributed by atoms with Gasteiger partial charge in [-0.15, -0.1) is 0 Å². The number of benzene rings is 1. The second-order valence-corrected chi connectivity index (χ2v) is 11.5. The van der Waals surface area contributed by atoms with Gasteiger partial charge in [0.1, 0.15) is 17.2 Å². The smallest absolute Gasteiger partial charge is 0.313 e. The van der Waals surface area contributed by atoms with Gasteiger partial charge < -0.3 is 16.0 Å². The van der Waals surface area contributed by atoms with Gasteiger partial charge in [0.05, 0.1) is 34.6 Å². The number of primary amides is 1. The molecule has 3 unspecified atom stereocenters. The first-order valence-corrected chi connectivity index (χ1v) is 13.2. The highest BCUT2D eigenvalue weighted by Crippen LogP contribution is 2.59. The van der Waals surface area contributed by atoms with Crippen LogP contribution in [0.5, 0.6) is 0 Å². The summed E-state index contributed by atoms with van der Waals surface area (Å²) in [5.41, 5.74) is 5.52. The molecule has 3 heterocycles. The fourth-order valence-corrected chi connectivity index (χ4v) is 6.40. The lowest BCUT2D eigenvalue weighted by Crippen LogP contribution is -2.52. The zero-order chi connectivity index (χ0) is 27.9. The van der Waals surface area contributed by atoms with E-state index in [2.05, 4.69) is 5.32 Å². The maximum Gasteiger partial charge on any atom is 0.313 e. The third-order valence-corrected chi connectivity index (χ3v) is 8.76. The number of hydrogen-bond acceptors (Lipinski definition) is 3. The lowest BCUT2D eigenvalue weighted by Gasteiger charge is -2.44. The first-order valence-electron chi connectivity index (χ1n) is 13.2. The molecular formula is C29H35F2N5O2. The van der Waals surface area contributed by atoms with Crippen molar-refractivity contribution in [2.24, 2.45) is 11.7 Å². The first-order chi connectivity index (χ1) is 17.7. The van der Waals surface area contributed by atoms with Crippen LogP contribution in [-0.2, 0) is 28.7 Å². The van der Waals surface area contributed by atoms with Crippen LogP contribution in [0, 0.1) is 5.92 Å². The van der Waals surface area contributed by atoms with E-state index < -0.39 is 34.2 Å². The Morgan fingerprint density at radius 1 is 1.18 bits per heavy atom. The molecule has 1 aromatic carbocycles. The lowest BCUT2D eigenvalue weighted by molar-refractivity contribution is -0.140. The van der Waals surface area contributed by atoms with Gasteiger partial charge in [0.15, 0.2) is 0 Å². The van der Waals surface area contributed by atoms with Crippen LogP contribution in [0.3, 0.4) is 0 Å². The highest BCUT2D eigenvalue weighted by atomic mass is 19.1. The summed E-state index contributed by atoms with van der Waals surface area (Å²) in [5.74, 6) is -1.47. The van der Waals surface area contributed by atoms with Crippen molar-refractivity contribution < 1.29 is 18.4 Å². The molecule has 0 saturated heterocycles. The zero-order valence-corrected chi connectivity index (χ0v) is 23.0. The van der Waals surface area contributed by atoms with Gasteiger partial charge in [0, 0.05) is 22.6 Å². The summed E-state index contributed by atoms with van der Waals surface area (Å²) in [7, 11) is 0. The van der Waals surface area contributed by atoms with Crippen molar-refractivity contribution in [1.29, 1.82) is 0 Å². The van der Waals surface area contributed by atoms with Crippen LogP contribution in [0.25, 0.3) is 11.3 Å². The number of urea groups is 1. The Morgan fingerprint density at radius 2 is 1.87 bits per heavy atom. The number of hydrogen-bond donors (Lipinski definition) is 2. The fourth-order valence-electron chi connectivity index (χ4n) is 6.40. The zero-order valence-electron chi connectivity index (χ0n) is 23.0. The summed E-state index contributed by atoms with van der Waals surface area (Å²) in [6.07, 6.45) is 2.44. The van der Waals surface area contributed by atoms with Gasteiger partial charge in [-0.25, -0.2) is 18.3 Å². The number of nitrogens with one attached hydrogen (secondary N) is 1. The molecular weight excluding hydrogens is 488 g/mol. The molecule has 3 N–H and O–H groups in total. The molecule has 0 bridgehead atoms. The summed E-state index contributed by atoms with van der Waals surface area (Å²) in [4.78, 5) is 27.0. The normalized spacial score (nSPS) is 25.7. The van der Waals surface area contributed by atoms with Gasteiger partial charge >= 0.3 is 6.03 Å². The highest BCUT2D eigenvalue weighted by Gasteiger charge is 2.57. The van der Waals surface area contributed by atoms with E-state index in [0.29, 0.717) is 35.5 Å². The largest absolute Gasteiger partial charge is 0.352 e. The number of allylic oxidation sites excluding steroid dienone is 2. The van der Waals surface area contributed by atoms with Crippen LogP contribution in [-0.4, -0.2) is 32.2 Å². The first kappa shape index (κ1) is 26.1. The second kappa shape index (κ2) is 8.25. The van der Waals surface area contributed by atoms with E-state index >= 15 is 8.78 Å². The van der Waals surface area contributed by atoms with Gasteiger partial charge in [-0.05, 0) is 52.2 Å². The molecule has 0 saturated carbocycles. The molecule has 3 aliphatic rings. The van der Waals surface area contributed by atoms with Crippen molar-refractivity contribution >= 4 is 17.5 Å². The molecule has 202 valence electrons. The molecule has 0 radical (unpaired) electrons. The maximum absolute atomic E-state index is 16.6. The minimum atomic E-state index is -1.76. The summed E-state index contributed by atoms with van der Waals surface area (Å²) in [6.45, 7) is 13.1. The molecule has 0 spiro atoms. The predicted molar refractivity (Wildman–Crippen MR) is 142 cm³/mol. The lowest BCUT2D eigenvalue weighted by atomic mass is 9.65. The third-order valence-electron chi connectivity index (χ3n) is 8.76. The van der Waals surface area contributed by atoms with E-state index in [0.717, 1.165) is 17.2 Å². The average molecular weight is 524 g/mol. The Balaban J connectivity index is 1.85. The van der Waals surface area contributed by atoms with Gasteiger partial charge in [0.25, 0.3) is 0 Å². The van der Waals surface area contributed by atoms with Gasteiger partial charge in [-0.1, -0.05) is 39.0 Å². The van der Waals surface area contributed by atoms with Gasteiger partial charge in [0.2, 0.25) is 5.91 Å². The molecule has 7 nitrogen and oxygen atoms in total. The quantitative estimate of drug-likeness (QED) is 0.569. The topological polar surface area (TPSA) is 93.2 Å². The van der Waals surface area contributed by atoms with E-state index in [9.17, 15) is 9.59 Å². The fraction of sp³-hybridized carbons (Fsp3) is 0.483. The maximum atomic E-state index is 16.6. The molecule has 38 heavy (non-hydrogen) atoms. The number of aryl methyl sites for hydroxylation is 1. The van der Waals surface area contributed by atoms with Crippen molar-refractivity contribution in [3.63, 3.8) is 0 Å². The summed E-state index contributed by atoms with van der Waals surface area (Å²) in [6, 6.07) is 4.59. The van der Waals surface area contributed by atoms with E-state index in [1.54, 1.807) is 22.6 Å². The Morgan fingerprint density at radius 3 is 2.47 bits per heavy atom. The summed E-state index contributed by atoms with van der Waals surface area (Å²) in [5, 5.41) is 7.41. The van der Waals surface area contributed by atoms with E-state index in [1.807, 2.05) is 46.8 Å². The Bertz CT molecular complexity index is 1450. The molecule has 9 heteroatoms. The number of amides is 3. The van der Waals surface area contributed by atoms with Crippen molar-refractivity contribution in [3.8, 4) is 5.69 Å². The molecule has 2 aliphatic heterocycles. The number of nitrogens with zero attached hydrogens (tertiary/aromatic N) is 3. The number of carbonyl (C=O) groups excluding carboxylic acids is 2. The molecule has 5 rings (SSSR count). The number of fused-ring (bicyclic) bond motifs is 8. The highest BCUT2D eigenvalue weighted by molar-refractivity contribution is 5.91. The SMILES string of the molecule is CCc1cccc2c1-n1nc3c(c1C1(C)C(F)=CC(C)(NC(N)=O)C(F)=C21)CN(C(=O)C(C)CC)C3(C)C. The van der Waals surface area contributed by atoms with E-state index in [1.165, 1.54) is 6.92 Å². The monoisotopic (exact) mass is 523 g/mol. The number of carbonyl (C=O) groups is 2. The van der Waals surface area contributed by atoms with Gasteiger partial charge in [-0.2, -0.15) is 5.10 Å². The van der Waals surface area contributed by atoms with Crippen molar-refractivity contribution in [2.75, 3.05) is 0 Å².